The van der Waals surface area contributed by atoms with Gasteiger partial charge in [-0.3, -0.25) is 4.79 Å². The lowest BCUT2D eigenvalue weighted by atomic mass is 9.88. The summed E-state index contributed by atoms with van der Waals surface area (Å²) in [6.45, 7) is 7.48. The summed E-state index contributed by atoms with van der Waals surface area (Å²) < 4.78 is 10.9. The lowest BCUT2D eigenvalue weighted by Crippen LogP contribution is -2.57. The van der Waals surface area contributed by atoms with Crippen LogP contribution in [0, 0.1) is 0 Å². The van der Waals surface area contributed by atoms with Crippen molar-refractivity contribution in [3.05, 3.63) is 11.6 Å². The van der Waals surface area contributed by atoms with E-state index in [0.29, 0.717) is 18.6 Å². The van der Waals surface area contributed by atoms with Gasteiger partial charge < -0.3 is 20.5 Å². The largest absolute Gasteiger partial charge is 0.463 e. The van der Waals surface area contributed by atoms with Crippen LogP contribution in [-0.4, -0.2) is 42.8 Å². The van der Waals surface area contributed by atoms with Gasteiger partial charge in [0.15, 0.2) is 0 Å². The van der Waals surface area contributed by atoms with E-state index in [1.165, 1.54) is 6.92 Å². The Hall–Kier alpha value is -1.40. The van der Waals surface area contributed by atoms with Crippen LogP contribution < -0.4 is 11.1 Å². The number of hydrogen-bond donors (Lipinski definition) is 2. The average molecular weight is 298 g/mol. The quantitative estimate of drug-likeness (QED) is 0.711. The smallest absolute Gasteiger partial charge is 0.333 e. The predicted octanol–water partition coefficient (Wildman–Crippen LogP) is 0.895. The minimum Gasteiger partial charge on any atom is -0.463 e. The molecule has 0 aromatic heterocycles. The maximum Gasteiger partial charge on any atom is 0.333 e. The Morgan fingerprint density at radius 1 is 1.48 bits per heavy atom. The Bertz CT molecular complexity index is 408. The first kappa shape index (κ1) is 17.7. The topological polar surface area (TPSA) is 90.6 Å². The summed E-state index contributed by atoms with van der Waals surface area (Å²) in [6, 6.07) is -0.720. The molecule has 1 aliphatic rings. The lowest BCUT2D eigenvalue weighted by molar-refractivity contribution is -0.139. The van der Waals surface area contributed by atoms with Gasteiger partial charge in [-0.15, -0.1) is 0 Å². The van der Waals surface area contributed by atoms with Crippen molar-refractivity contribution in [1.29, 1.82) is 0 Å². The van der Waals surface area contributed by atoms with Crippen molar-refractivity contribution >= 4 is 11.9 Å². The van der Waals surface area contributed by atoms with Gasteiger partial charge in [0, 0.05) is 18.5 Å². The molecule has 120 valence electrons. The molecule has 0 saturated carbocycles. The molecule has 4 atom stereocenters. The number of nitrogens with two attached hydrogens (primary N) is 1. The van der Waals surface area contributed by atoms with E-state index < -0.39 is 6.10 Å². The molecule has 0 unspecified atom stereocenters. The highest BCUT2D eigenvalue weighted by Crippen LogP contribution is 2.23. The van der Waals surface area contributed by atoms with E-state index >= 15 is 0 Å². The van der Waals surface area contributed by atoms with E-state index in [-0.39, 0.29) is 30.1 Å². The Kier molecular flexibility index (Phi) is 6.84. The fourth-order valence-corrected chi connectivity index (χ4v) is 2.28. The summed E-state index contributed by atoms with van der Waals surface area (Å²) in [6.07, 6.45) is 2.52. The number of esters is 1. The average Bonchev–Trinajstić information content (AvgIpc) is 2.42. The number of carbonyl (C=O) groups excluding carboxylic acids is 2. The predicted molar refractivity (Wildman–Crippen MR) is 79.5 cm³/mol. The molecule has 0 saturated heterocycles. The van der Waals surface area contributed by atoms with E-state index in [1.54, 1.807) is 13.0 Å². The van der Waals surface area contributed by atoms with Crippen LogP contribution in [0.4, 0.5) is 0 Å². The second kappa shape index (κ2) is 8.14. The van der Waals surface area contributed by atoms with Crippen LogP contribution >= 0.6 is 0 Å². The third-order valence-corrected chi connectivity index (χ3v) is 3.51. The maximum atomic E-state index is 11.9. The first-order valence-corrected chi connectivity index (χ1v) is 7.44. The zero-order chi connectivity index (χ0) is 16.0. The molecule has 0 bridgehead atoms. The van der Waals surface area contributed by atoms with Crippen LogP contribution in [0.1, 0.15) is 40.5 Å². The fourth-order valence-electron chi connectivity index (χ4n) is 2.28. The summed E-state index contributed by atoms with van der Waals surface area (Å²) in [5.41, 5.74) is 6.63. The molecule has 0 spiro atoms. The number of ether oxygens (including phenoxy) is 2. The fraction of sp³-hybridized carbons (Fsp3) is 0.733. The summed E-state index contributed by atoms with van der Waals surface area (Å²) >= 11 is 0. The Morgan fingerprint density at radius 3 is 2.67 bits per heavy atom. The molecule has 1 aliphatic carbocycles. The van der Waals surface area contributed by atoms with E-state index in [2.05, 4.69) is 5.32 Å². The van der Waals surface area contributed by atoms with Gasteiger partial charge in [-0.2, -0.15) is 0 Å². The third kappa shape index (κ3) is 5.13. The molecule has 0 aromatic carbocycles. The van der Waals surface area contributed by atoms with Crippen LogP contribution in [0.2, 0.25) is 0 Å². The summed E-state index contributed by atoms with van der Waals surface area (Å²) in [7, 11) is 0. The Balaban J connectivity index is 2.95. The van der Waals surface area contributed by atoms with Gasteiger partial charge in [0.2, 0.25) is 5.91 Å². The number of rotatable bonds is 6. The van der Waals surface area contributed by atoms with Gasteiger partial charge in [0.1, 0.15) is 0 Å². The van der Waals surface area contributed by atoms with Gasteiger partial charge in [-0.25, -0.2) is 4.79 Å². The molecule has 6 heteroatoms. The molecular weight excluding hydrogens is 272 g/mol. The van der Waals surface area contributed by atoms with Crippen LogP contribution in [0.15, 0.2) is 11.6 Å². The van der Waals surface area contributed by atoms with Crippen molar-refractivity contribution < 1.29 is 19.1 Å². The van der Waals surface area contributed by atoms with Crippen molar-refractivity contribution in [3.63, 3.8) is 0 Å². The zero-order valence-corrected chi connectivity index (χ0v) is 13.2. The molecule has 3 N–H and O–H groups in total. The maximum absolute atomic E-state index is 11.9. The van der Waals surface area contributed by atoms with E-state index in [0.717, 1.165) is 6.42 Å². The highest BCUT2D eigenvalue weighted by molar-refractivity contribution is 5.89. The van der Waals surface area contributed by atoms with Crippen LogP contribution in [0.3, 0.4) is 0 Å². The molecule has 0 heterocycles. The van der Waals surface area contributed by atoms with Crippen LogP contribution in [0.25, 0.3) is 0 Å². The standard InChI is InChI=1S/C15H26N2O4/c1-5-9(3)21-13-8-11(15(19)20-6-2)7-12(16)14(13)17-10(4)18/h8-9,12-14H,5-7,16H2,1-4H3,(H,17,18)/t9-,12+,13+,14-/m1/s1. The zero-order valence-electron chi connectivity index (χ0n) is 13.2. The van der Waals surface area contributed by atoms with Gasteiger partial charge in [0.05, 0.1) is 24.9 Å². The third-order valence-electron chi connectivity index (χ3n) is 3.51. The van der Waals surface area contributed by atoms with Crippen molar-refractivity contribution in [2.75, 3.05) is 6.61 Å². The number of nitrogens with one attached hydrogen (secondary N) is 1. The molecule has 6 nitrogen and oxygen atoms in total. The highest BCUT2D eigenvalue weighted by atomic mass is 16.5. The van der Waals surface area contributed by atoms with Crippen molar-refractivity contribution in [2.45, 2.75) is 64.8 Å². The molecule has 0 radical (unpaired) electrons. The molecule has 0 aliphatic heterocycles. The molecule has 21 heavy (non-hydrogen) atoms. The number of amides is 1. The first-order valence-electron chi connectivity index (χ1n) is 7.44. The molecule has 1 rings (SSSR count). The van der Waals surface area contributed by atoms with Crippen LogP contribution in [-0.2, 0) is 19.1 Å². The lowest BCUT2D eigenvalue weighted by Gasteiger charge is -2.36. The number of carbonyl (C=O) groups is 2. The monoisotopic (exact) mass is 298 g/mol. The highest BCUT2D eigenvalue weighted by Gasteiger charge is 2.35. The summed E-state index contributed by atoms with van der Waals surface area (Å²) in [4.78, 5) is 23.2. The normalized spacial score (nSPS) is 26.7. The van der Waals surface area contributed by atoms with Gasteiger partial charge in [-0.1, -0.05) is 6.92 Å². The Labute approximate surface area is 126 Å². The minimum atomic E-state index is -0.424. The van der Waals surface area contributed by atoms with Gasteiger partial charge in [-0.05, 0) is 32.8 Å². The summed E-state index contributed by atoms with van der Waals surface area (Å²) in [5.74, 6) is -0.534. The Morgan fingerprint density at radius 2 is 2.14 bits per heavy atom. The molecule has 1 amide bonds. The van der Waals surface area contributed by atoms with E-state index in [1.807, 2.05) is 13.8 Å². The van der Waals surface area contributed by atoms with Crippen molar-refractivity contribution in [2.24, 2.45) is 5.73 Å². The second-order valence-corrected chi connectivity index (χ2v) is 5.33. The minimum absolute atomic E-state index is 0.0104. The first-order chi connectivity index (χ1) is 9.88. The van der Waals surface area contributed by atoms with E-state index in [9.17, 15) is 9.59 Å². The molecule has 0 fully saturated rings. The summed E-state index contributed by atoms with van der Waals surface area (Å²) in [5, 5.41) is 2.82. The van der Waals surface area contributed by atoms with Gasteiger partial charge in [0.25, 0.3) is 0 Å². The molecule has 0 aromatic rings. The van der Waals surface area contributed by atoms with Crippen molar-refractivity contribution in [1.82, 2.24) is 5.32 Å². The SMILES string of the molecule is CCOC(=O)C1=C[C@H](O[C@H](C)CC)[C@H](NC(C)=O)[C@@H](N)C1. The van der Waals surface area contributed by atoms with Crippen molar-refractivity contribution in [3.8, 4) is 0 Å². The molecular formula is C15H26N2O4. The van der Waals surface area contributed by atoms with Gasteiger partial charge >= 0.3 is 5.97 Å². The number of hydrogen-bond acceptors (Lipinski definition) is 5. The van der Waals surface area contributed by atoms with Crippen LogP contribution in [0.5, 0.6) is 0 Å². The second-order valence-electron chi connectivity index (χ2n) is 5.33. The van der Waals surface area contributed by atoms with E-state index in [4.69, 9.17) is 15.2 Å².